The number of amides is 1. The number of carbonyl (C=O) groups is 1. The Bertz CT molecular complexity index is 1300. The summed E-state index contributed by atoms with van der Waals surface area (Å²) >= 11 is 0. The smallest absolute Gasteiger partial charge is 0.224 e. The van der Waals surface area contributed by atoms with Crippen LogP contribution >= 0.6 is 0 Å². The number of aromatic nitrogens is 1. The molecule has 0 aliphatic heterocycles. The maximum absolute atomic E-state index is 12.8. The molecule has 1 aliphatic rings. The molecule has 1 heterocycles. The van der Waals surface area contributed by atoms with Gasteiger partial charge in [-0.25, -0.2) is 4.98 Å². The second-order valence-electron chi connectivity index (χ2n) is 9.51. The van der Waals surface area contributed by atoms with Gasteiger partial charge in [-0.05, 0) is 48.1 Å². The van der Waals surface area contributed by atoms with E-state index < -0.39 is 0 Å². The van der Waals surface area contributed by atoms with Gasteiger partial charge >= 0.3 is 0 Å². The fraction of sp³-hybridized carbons (Fsp3) is 0.310. The van der Waals surface area contributed by atoms with E-state index in [1.54, 1.807) is 0 Å². The highest BCUT2D eigenvalue weighted by Crippen LogP contribution is 2.29. The number of benzene rings is 3. The summed E-state index contributed by atoms with van der Waals surface area (Å²) in [4.78, 5) is 19.8. The number of rotatable bonds is 6. The summed E-state index contributed by atoms with van der Waals surface area (Å²) in [5.74, 6) is 1.03. The second-order valence-corrected chi connectivity index (χ2v) is 9.51. The first kappa shape index (κ1) is 22.2. The number of pyridine rings is 1. The monoisotopic (exact) mass is 452 g/mol. The molecule has 0 unspecified atom stereocenters. The number of fused-ring (bicyclic) bond motifs is 2. The van der Waals surface area contributed by atoms with Crippen LogP contribution in [0, 0.1) is 0 Å². The lowest BCUT2D eigenvalue weighted by Gasteiger charge is -2.30. The molecule has 0 saturated heterocycles. The van der Waals surface area contributed by atoms with Crippen LogP contribution in [0.15, 0.2) is 72.8 Å². The van der Waals surface area contributed by atoms with E-state index in [-0.39, 0.29) is 11.9 Å². The molecule has 5 heteroatoms. The molecule has 1 amide bonds. The van der Waals surface area contributed by atoms with Crippen molar-refractivity contribution in [1.82, 2.24) is 10.3 Å². The summed E-state index contributed by atoms with van der Waals surface area (Å²) in [7, 11) is 4.13. The zero-order chi connectivity index (χ0) is 23.5. The Labute approximate surface area is 201 Å². The third-order valence-electron chi connectivity index (χ3n) is 6.85. The Morgan fingerprint density at radius 3 is 2.35 bits per heavy atom. The van der Waals surface area contributed by atoms with E-state index in [4.69, 9.17) is 4.98 Å². The van der Waals surface area contributed by atoms with E-state index in [1.165, 1.54) is 11.1 Å². The third kappa shape index (κ3) is 4.84. The highest BCUT2D eigenvalue weighted by atomic mass is 16.1. The molecule has 0 radical (unpaired) electrons. The molecule has 0 bridgehead atoms. The van der Waals surface area contributed by atoms with Gasteiger partial charge in [-0.15, -0.1) is 0 Å². The number of carbonyl (C=O) groups excluding carboxylic acids is 1. The number of hydrogen-bond donors (Lipinski definition) is 2. The third-order valence-corrected chi connectivity index (χ3v) is 6.85. The number of nitrogens with zero attached hydrogens (tertiary/aromatic N) is 2. The van der Waals surface area contributed by atoms with Gasteiger partial charge in [-0.3, -0.25) is 4.79 Å². The minimum Gasteiger partial charge on any atom is -0.377 e. The van der Waals surface area contributed by atoms with Crippen molar-refractivity contribution in [2.75, 3.05) is 24.3 Å². The van der Waals surface area contributed by atoms with Gasteiger partial charge in [0.1, 0.15) is 5.82 Å². The quantitative estimate of drug-likeness (QED) is 0.404. The van der Waals surface area contributed by atoms with Crippen LogP contribution in [0.25, 0.3) is 21.7 Å². The van der Waals surface area contributed by atoms with Crippen LogP contribution in [-0.2, 0) is 11.2 Å². The molecule has 1 saturated carbocycles. The molecule has 1 aromatic heterocycles. The summed E-state index contributed by atoms with van der Waals surface area (Å²) in [5.41, 5.74) is 3.26. The molecule has 0 atom stereocenters. The van der Waals surface area contributed by atoms with E-state index in [1.807, 2.05) is 24.3 Å². The van der Waals surface area contributed by atoms with Crippen molar-refractivity contribution in [3.8, 4) is 0 Å². The molecule has 5 rings (SSSR count). The Hall–Kier alpha value is -3.60. The standard InChI is InChI=1S/C29H32N4O/c1-33(2)27-19-28(32-26-13-6-5-12-25(26)27)30-22-14-16-23(17-15-22)31-29(34)18-21-10-7-9-20-8-3-4-11-24(20)21/h3-13,19,22-23H,14-18H2,1-2H3,(H,30,32)(H,31,34). The van der Waals surface area contributed by atoms with E-state index in [9.17, 15) is 4.79 Å². The maximum atomic E-state index is 12.8. The predicted octanol–water partition coefficient (Wildman–Crippen LogP) is 5.54. The molecule has 1 aliphatic carbocycles. The number of hydrogen-bond acceptors (Lipinski definition) is 4. The van der Waals surface area contributed by atoms with Crippen LogP contribution in [0.5, 0.6) is 0 Å². The van der Waals surface area contributed by atoms with Crippen molar-refractivity contribution in [3.05, 3.63) is 78.4 Å². The van der Waals surface area contributed by atoms with Crippen LogP contribution in [0.2, 0.25) is 0 Å². The Morgan fingerprint density at radius 1 is 0.882 bits per heavy atom. The SMILES string of the molecule is CN(C)c1cc(NC2CCC(NC(=O)Cc3cccc4ccccc34)CC2)nc2ccccc12. The van der Waals surface area contributed by atoms with Gasteiger partial charge < -0.3 is 15.5 Å². The molecule has 3 aromatic carbocycles. The first-order valence-corrected chi connectivity index (χ1v) is 12.2. The zero-order valence-electron chi connectivity index (χ0n) is 19.9. The summed E-state index contributed by atoms with van der Waals surface area (Å²) in [6, 6.07) is 25.5. The predicted molar refractivity (Wildman–Crippen MR) is 142 cm³/mol. The molecule has 5 nitrogen and oxygen atoms in total. The Kier molecular flexibility index (Phi) is 6.35. The number of nitrogens with one attached hydrogen (secondary N) is 2. The Balaban J connectivity index is 1.18. The van der Waals surface area contributed by atoms with Crippen LogP contribution in [0.3, 0.4) is 0 Å². The van der Waals surface area contributed by atoms with Crippen LogP contribution in [-0.4, -0.2) is 37.1 Å². The fourth-order valence-corrected chi connectivity index (χ4v) is 5.09. The minimum atomic E-state index is 0.111. The van der Waals surface area contributed by atoms with Gasteiger partial charge in [0.25, 0.3) is 0 Å². The molecular weight excluding hydrogens is 420 g/mol. The highest BCUT2D eigenvalue weighted by molar-refractivity contribution is 5.93. The topological polar surface area (TPSA) is 57.3 Å². The van der Waals surface area contributed by atoms with Gasteiger partial charge in [0.2, 0.25) is 5.91 Å². The fourth-order valence-electron chi connectivity index (χ4n) is 5.09. The lowest BCUT2D eigenvalue weighted by atomic mass is 9.91. The number of para-hydroxylation sites is 1. The molecule has 34 heavy (non-hydrogen) atoms. The Morgan fingerprint density at radius 2 is 1.56 bits per heavy atom. The minimum absolute atomic E-state index is 0.111. The van der Waals surface area contributed by atoms with Crippen LogP contribution < -0.4 is 15.5 Å². The highest BCUT2D eigenvalue weighted by Gasteiger charge is 2.23. The maximum Gasteiger partial charge on any atom is 0.224 e. The van der Waals surface area contributed by atoms with E-state index in [0.717, 1.165) is 53.4 Å². The lowest BCUT2D eigenvalue weighted by Crippen LogP contribution is -2.40. The average Bonchev–Trinajstić information content (AvgIpc) is 2.85. The van der Waals surface area contributed by atoms with Crippen molar-refractivity contribution in [2.24, 2.45) is 0 Å². The van der Waals surface area contributed by atoms with Crippen molar-refractivity contribution >= 4 is 39.1 Å². The van der Waals surface area contributed by atoms with Gasteiger partial charge in [0, 0.05) is 43.3 Å². The normalized spacial score (nSPS) is 18.1. The van der Waals surface area contributed by atoms with Gasteiger partial charge in [-0.1, -0.05) is 60.7 Å². The van der Waals surface area contributed by atoms with Crippen LogP contribution in [0.4, 0.5) is 11.5 Å². The van der Waals surface area contributed by atoms with E-state index >= 15 is 0 Å². The second kappa shape index (κ2) is 9.72. The summed E-state index contributed by atoms with van der Waals surface area (Å²) < 4.78 is 0. The molecular formula is C29H32N4O. The zero-order valence-corrected chi connectivity index (χ0v) is 19.9. The van der Waals surface area contributed by atoms with Gasteiger partial charge in [0.15, 0.2) is 0 Å². The summed E-state index contributed by atoms with van der Waals surface area (Å²) in [6.45, 7) is 0. The average molecular weight is 453 g/mol. The van der Waals surface area contributed by atoms with Gasteiger partial charge in [-0.2, -0.15) is 0 Å². The molecule has 4 aromatic rings. The van der Waals surface area contributed by atoms with Crippen molar-refractivity contribution < 1.29 is 4.79 Å². The number of anilines is 2. The van der Waals surface area contributed by atoms with Crippen molar-refractivity contribution in [3.63, 3.8) is 0 Å². The summed E-state index contributed by atoms with van der Waals surface area (Å²) in [5, 5.41) is 10.4. The molecule has 1 fully saturated rings. The van der Waals surface area contributed by atoms with E-state index in [2.05, 4.69) is 78.2 Å². The van der Waals surface area contributed by atoms with Crippen molar-refractivity contribution in [2.45, 2.75) is 44.2 Å². The molecule has 174 valence electrons. The summed E-state index contributed by atoms with van der Waals surface area (Å²) in [6.07, 6.45) is 4.42. The van der Waals surface area contributed by atoms with Crippen molar-refractivity contribution in [1.29, 1.82) is 0 Å². The molecule has 0 spiro atoms. The first-order valence-electron chi connectivity index (χ1n) is 12.2. The lowest BCUT2D eigenvalue weighted by molar-refractivity contribution is -0.121. The largest absolute Gasteiger partial charge is 0.377 e. The van der Waals surface area contributed by atoms with Crippen LogP contribution in [0.1, 0.15) is 31.2 Å². The molecule has 2 N–H and O–H groups in total. The first-order chi connectivity index (χ1) is 16.6. The van der Waals surface area contributed by atoms with Gasteiger partial charge in [0.05, 0.1) is 11.9 Å². The van der Waals surface area contributed by atoms with E-state index in [0.29, 0.717) is 12.5 Å².